The highest BCUT2D eigenvalue weighted by Gasteiger charge is 2.50. The van der Waals surface area contributed by atoms with Gasteiger partial charge >= 0.3 is 0 Å². The van der Waals surface area contributed by atoms with Crippen molar-refractivity contribution < 1.29 is 0 Å². The maximum atomic E-state index is 4.26. The standard InChI is InChI=1S/C32H60N4/c1-9-21-17(5)25-13-26-19(7)23(11-3)31(35-26)16-32-24(12-4)20(8)28(36-32)14-27-18(6)22(10-2)30(34-27)15-29(21)33-25/h17-36H,9-16H2,1-8H3. The highest BCUT2D eigenvalue weighted by Crippen LogP contribution is 2.44. The van der Waals surface area contributed by atoms with E-state index in [2.05, 4.69) is 76.7 Å². The number of rotatable bonds is 4. The molecular formula is C32H60N4. The largest absolute Gasteiger partial charge is 0.311 e. The summed E-state index contributed by atoms with van der Waals surface area (Å²) in [6.45, 7) is 20.0. The summed E-state index contributed by atoms with van der Waals surface area (Å²) in [4.78, 5) is 0. The molecule has 0 radical (unpaired) electrons. The van der Waals surface area contributed by atoms with Crippen LogP contribution in [-0.4, -0.2) is 48.3 Å². The van der Waals surface area contributed by atoms with Crippen molar-refractivity contribution in [2.75, 3.05) is 0 Å². The van der Waals surface area contributed by atoms with Crippen LogP contribution in [0.2, 0.25) is 0 Å². The molecule has 5 heterocycles. The summed E-state index contributed by atoms with van der Waals surface area (Å²) in [5.41, 5.74) is 0. The van der Waals surface area contributed by atoms with Gasteiger partial charge in [-0.2, -0.15) is 0 Å². The Labute approximate surface area is 223 Å². The van der Waals surface area contributed by atoms with Crippen molar-refractivity contribution in [3.8, 4) is 0 Å². The third kappa shape index (κ3) is 4.73. The van der Waals surface area contributed by atoms with Crippen LogP contribution in [0.1, 0.15) is 107 Å². The van der Waals surface area contributed by atoms with Crippen LogP contribution in [0.4, 0.5) is 0 Å². The van der Waals surface area contributed by atoms with Crippen LogP contribution in [0.25, 0.3) is 0 Å². The highest BCUT2D eigenvalue weighted by atomic mass is 15.1. The van der Waals surface area contributed by atoms with Gasteiger partial charge in [0.15, 0.2) is 0 Å². The predicted molar refractivity (Wildman–Crippen MR) is 153 cm³/mol. The summed E-state index contributed by atoms with van der Waals surface area (Å²) < 4.78 is 0. The van der Waals surface area contributed by atoms with Crippen molar-refractivity contribution in [2.45, 2.75) is 155 Å². The minimum absolute atomic E-state index is 0.663. The van der Waals surface area contributed by atoms with Gasteiger partial charge in [0.2, 0.25) is 0 Å². The fraction of sp³-hybridized carbons (Fsp3) is 1.00. The Balaban J connectivity index is 1.45. The summed E-state index contributed by atoms with van der Waals surface area (Å²) in [7, 11) is 0. The van der Waals surface area contributed by atoms with Gasteiger partial charge in [0, 0.05) is 48.3 Å². The molecule has 36 heavy (non-hydrogen) atoms. The summed E-state index contributed by atoms with van der Waals surface area (Å²) in [5, 5.41) is 17.1. The molecule has 16 atom stereocenters. The molecule has 16 unspecified atom stereocenters. The van der Waals surface area contributed by atoms with Gasteiger partial charge in [-0.05, 0) is 73.0 Å². The van der Waals surface area contributed by atoms with Crippen molar-refractivity contribution in [1.29, 1.82) is 0 Å². The smallest absolute Gasteiger partial charge is 0.0116 e. The van der Waals surface area contributed by atoms with Gasteiger partial charge < -0.3 is 21.3 Å². The zero-order valence-electron chi connectivity index (χ0n) is 24.9. The van der Waals surface area contributed by atoms with Crippen molar-refractivity contribution in [3.63, 3.8) is 0 Å². The zero-order chi connectivity index (χ0) is 25.7. The third-order valence-corrected chi connectivity index (χ3v) is 12.9. The second-order valence-corrected chi connectivity index (χ2v) is 14.2. The van der Waals surface area contributed by atoms with Gasteiger partial charge in [-0.1, -0.05) is 81.1 Å². The molecule has 208 valence electrons. The van der Waals surface area contributed by atoms with E-state index in [-0.39, 0.29) is 0 Å². The molecule has 0 aliphatic carbocycles. The average Bonchev–Trinajstić information content (AvgIpc) is 3.51. The molecular weight excluding hydrogens is 440 g/mol. The second-order valence-electron chi connectivity index (χ2n) is 14.2. The zero-order valence-corrected chi connectivity index (χ0v) is 24.9. The van der Waals surface area contributed by atoms with E-state index in [1.165, 1.54) is 51.4 Å². The van der Waals surface area contributed by atoms with Crippen LogP contribution in [0.3, 0.4) is 0 Å². The molecule has 0 aromatic carbocycles. The highest BCUT2D eigenvalue weighted by molar-refractivity contribution is 5.08. The van der Waals surface area contributed by atoms with Crippen molar-refractivity contribution in [1.82, 2.24) is 21.3 Å². The molecule has 5 fully saturated rings. The Kier molecular flexibility index (Phi) is 8.48. The van der Waals surface area contributed by atoms with Gasteiger partial charge in [0.25, 0.3) is 0 Å². The SMILES string of the molecule is CCC1C2CC3NC(CC4NC(CC5NC(CC(N2)C1C)C(C)C5CC)C(CC)C4C)C(C)C3CC. The Hall–Kier alpha value is -0.160. The van der Waals surface area contributed by atoms with Gasteiger partial charge in [-0.25, -0.2) is 0 Å². The summed E-state index contributed by atoms with van der Waals surface area (Å²) in [5.74, 6) is 6.38. The van der Waals surface area contributed by atoms with Gasteiger partial charge in [0.1, 0.15) is 0 Å². The molecule has 0 spiro atoms. The first-order valence-electron chi connectivity index (χ1n) is 16.3. The van der Waals surface area contributed by atoms with E-state index in [0.717, 1.165) is 47.3 Å². The van der Waals surface area contributed by atoms with Gasteiger partial charge in [0.05, 0.1) is 0 Å². The first-order valence-corrected chi connectivity index (χ1v) is 16.3. The van der Waals surface area contributed by atoms with Crippen LogP contribution in [0.15, 0.2) is 0 Å². The van der Waals surface area contributed by atoms with Crippen LogP contribution < -0.4 is 21.3 Å². The number of fused-ring (bicyclic) bond motifs is 8. The minimum Gasteiger partial charge on any atom is -0.311 e. The van der Waals surface area contributed by atoms with E-state index >= 15 is 0 Å². The lowest BCUT2D eigenvalue weighted by atomic mass is 9.77. The van der Waals surface area contributed by atoms with Crippen LogP contribution in [-0.2, 0) is 0 Å². The lowest BCUT2D eigenvalue weighted by Crippen LogP contribution is -2.45. The maximum absolute atomic E-state index is 4.26. The van der Waals surface area contributed by atoms with Crippen molar-refractivity contribution in [3.05, 3.63) is 0 Å². The quantitative estimate of drug-likeness (QED) is 0.407. The molecule has 0 aromatic heterocycles. The van der Waals surface area contributed by atoms with Crippen LogP contribution in [0.5, 0.6) is 0 Å². The van der Waals surface area contributed by atoms with E-state index in [4.69, 9.17) is 0 Å². The van der Waals surface area contributed by atoms with E-state index in [1.54, 1.807) is 0 Å². The lowest BCUT2D eigenvalue weighted by molar-refractivity contribution is 0.279. The van der Waals surface area contributed by atoms with Crippen LogP contribution >= 0.6 is 0 Å². The fourth-order valence-electron chi connectivity index (χ4n) is 10.7. The monoisotopic (exact) mass is 500 g/mol. The minimum atomic E-state index is 0.663. The average molecular weight is 501 g/mol. The molecule has 5 aliphatic rings. The Morgan fingerprint density at radius 3 is 0.750 bits per heavy atom. The number of nitrogens with one attached hydrogen (secondary N) is 4. The summed E-state index contributed by atoms with van der Waals surface area (Å²) in [6.07, 6.45) is 10.5. The van der Waals surface area contributed by atoms with E-state index in [0.29, 0.717) is 48.3 Å². The maximum Gasteiger partial charge on any atom is 0.0116 e. The molecule has 5 aliphatic heterocycles. The lowest BCUT2D eigenvalue weighted by Gasteiger charge is -2.27. The third-order valence-electron chi connectivity index (χ3n) is 12.9. The molecule has 5 saturated heterocycles. The number of hydrogen-bond acceptors (Lipinski definition) is 4. The molecule has 0 amide bonds. The fourth-order valence-corrected chi connectivity index (χ4v) is 10.7. The van der Waals surface area contributed by atoms with Gasteiger partial charge in [-0.15, -0.1) is 0 Å². The second kappa shape index (κ2) is 11.1. The van der Waals surface area contributed by atoms with Crippen LogP contribution in [0, 0.1) is 47.3 Å². The van der Waals surface area contributed by atoms with Crippen molar-refractivity contribution >= 4 is 0 Å². The summed E-state index contributed by atoms with van der Waals surface area (Å²) >= 11 is 0. The van der Waals surface area contributed by atoms with Crippen molar-refractivity contribution in [2.24, 2.45) is 47.3 Å². The first kappa shape index (κ1) is 27.4. The Morgan fingerprint density at radius 1 is 0.361 bits per heavy atom. The normalized spacial score (nSPS) is 55.3. The Bertz CT molecular complexity index is 611. The van der Waals surface area contributed by atoms with E-state index < -0.39 is 0 Å². The molecule has 5 rings (SSSR count). The molecule has 4 N–H and O–H groups in total. The molecule has 4 heteroatoms. The molecule has 0 saturated carbocycles. The number of hydrogen-bond donors (Lipinski definition) is 4. The van der Waals surface area contributed by atoms with E-state index in [1.807, 2.05) is 0 Å². The van der Waals surface area contributed by atoms with E-state index in [9.17, 15) is 0 Å². The van der Waals surface area contributed by atoms with Gasteiger partial charge in [-0.3, -0.25) is 0 Å². The molecule has 8 bridgehead atoms. The topological polar surface area (TPSA) is 48.1 Å². The predicted octanol–water partition coefficient (Wildman–Crippen LogP) is 5.57. The molecule has 4 nitrogen and oxygen atoms in total. The Morgan fingerprint density at radius 2 is 0.556 bits per heavy atom. The molecule has 0 aromatic rings. The summed E-state index contributed by atoms with van der Waals surface area (Å²) in [6, 6.07) is 5.35. The first-order chi connectivity index (χ1) is 17.3.